The van der Waals surface area contributed by atoms with Gasteiger partial charge < -0.3 is 0 Å². The van der Waals surface area contributed by atoms with Crippen molar-refractivity contribution in [1.82, 2.24) is 15.3 Å². The van der Waals surface area contributed by atoms with Gasteiger partial charge in [-0.15, -0.1) is 0 Å². The lowest BCUT2D eigenvalue weighted by Crippen LogP contribution is -2.14. The fourth-order valence-electron chi connectivity index (χ4n) is 0.902. The summed E-state index contributed by atoms with van der Waals surface area (Å²) in [5.74, 6) is 1.17. The van der Waals surface area contributed by atoms with Gasteiger partial charge in [-0.1, -0.05) is 0 Å². The average Bonchev–Trinajstić information content (AvgIpc) is 2.54. The van der Waals surface area contributed by atoms with Crippen molar-refractivity contribution in [2.24, 2.45) is 4.99 Å². The van der Waals surface area contributed by atoms with Gasteiger partial charge in [0.25, 0.3) is 0 Å². The van der Waals surface area contributed by atoms with Gasteiger partial charge in [0.15, 0.2) is 11.7 Å². The first-order valence-corrected chi connectivity index (χ1v) is 3.60. The lowest BCUT2D eigenvalue weighted by Gasteiger charge is -1.96. The van der Waals surface area contributed by atoms with Crippen LogP contribution in [0.4, 0.5) is 0 Å². The highest BCUT2D eigenvalue weighted by atomic mass is 15.1. The Kier molecular flexibility index (Phi) is 1.59. The maximum Gasteiger partial charge on any atom is 0.198 e. The number of allylic oxidation sites excluding steroid dienone is 1. The molecule has 1 radical (unpaired) electrons. The molecule has 0 fully saturated rings. The molecular weight excluding hydrogens is 152 g/mol. The monoisotopic (exact) mass is 159 g/mol. The third-order valence-corrected chi connectivity index (χ3v) is 1.42. The molecule has 0 N–H and O–H groups in total. The van der Waals surface area contributed by atoms with Gasteiger partial charge >= 0.3 is 0 Å². The Morgan fingerprint density at radius 1 is 1.17 bits per heavy atom. The van der Waals surface area contributed by atoms with Crippen LogP contribution in [0.2, 0.25) is 0 Å². The standard InChI is InChI=1S/C8H7N4/c1-6-5-11-8(12-6)7-9-3-2-4-10-7/h2-5H,1H3. The molecule has 4 nitrogen and oxygen atoms in total. The van der Waals surface area contributed by atoms with Gasteiger partial charge in [0.1, 0.15) is 0 Å². The van der Waals surface area contributed by atoms with Crippen molar-refractivity contribution in [3.63, 3.8) is 0 Å². The summed E-state index contributed by atoms with van der Waals surface area (Å²) in [6.45, 7) is 1.89. The highest BCUT2D eigenvalue weighted by molar-refractivity contribution is 5.97. The second kappa shape index (κ2) is 2.73. The lowest BCUT2D eigenvalue weighted by molar-refractivity contribution is 1.06. The Balaban J connectivity index is 2.25. The van der Waals surface area contributed by atoms with Crippen molar-refractivity contribution in [3.05, 3.63) is 36.2 Å². The SMILES string of the molecule is CC1=CN=C(c2ncccn2)[N]1. The van der Waals surface area contributed by atoms with Crippen molar-refractivity contribution < 1.29 is 0 Å². The molecule has 0 saturated heterocycles. The number of hydrogen-bond donors (Lipinski definition) is 0. The number of hydrogen-bond acceptors (Lipinski definition) is 3. The van der Waals surface area contributed by atoms with E-state index >= 15 is 0 Å². The van der Waals surface area contributed by atoms with Gasteiger partial charge in [-0.2, -0.15) is 0 Å². The van der Waals surface area contributed by atoms with Crippen LogP contribution in [0, 0.1) is 0 Å². The van der Waals surface area contributed by atoms with E-state index in [2.05, 4.69) is 20.3 Å². The first kappa shape index (κ1) is 6.97. The molecule has 2 rings (SSSR count). The molecule has 0 unspecified atom stereocenters. The number of amidine groups is 1. The molecule has 0 saturated carbocycles. The van der Waals surface area contributed by atoms with Gasteiger partial charge in [0, 0.05) is 12.4 Å². The summed E-state index contributed by atoms with van der Waals surface area (Å²) in [7, 11) is 0. The van der Waals surface area contributed by atoms with E-state index < -0.39 is 0 Å². The van der Waals surface area contributed by atoms with Crippen LogP contribution in [-0.2, 0) is 0 Å². The summed E-state index contributed by atoms with van der Waals surface area (Å²) in [6.07, 6.45) is 5.05. The van der Waals surface area contributed by atoms with E-state index in [4.69, 9.17) is 0 Å². The van der Waals surface area contributed by atoms with Crippen LogP contribution in [0.5, 0.6) is 0 Å². The minimum Gasteiger partial charge on any atom is -0.234 e. The van der Waals surface area contributed by atoms with Crippen molar-refractivity contribution in [2.75, 3.05) is 0 Å². The minimum absolute atomic E-state index is 0.575. The van der Waals surface area contributed by atoms with E-state index in [1.165, 1.54) is 0 Å². The molecule has 0 aromatic carbocycles. The molecular formula is C8H7N4. The molecule has 2 heterocycles. The Morgan fingerprint density at radius 3 is 2.50 bits per heavy atom. The van der Waals surface area contributed by atoms with E-state index in [0.29, 0.717) is 11.7 Å². The molecule has 0 amide bonds. The quantitative estimate of drug-likeness (QED) is 0.605. The predicted octanol–water partition coefficient (Wildman–Crippen LogP) is 0.702. The van der Waals surface area contributed by atoms with E-state index in [1.807, 2.05) is 6.92 Å². The van der Waals surface area contributed by atoms with E-state index in [9.17, 15) is 0 Å². The summed E-state index contributed by atoms with van der Waals surface area (Å²) in [5.41, 5.74) is 0.887. The second-order valence-electron chi connectivity index (χ2n) is 2.41. The highest BCUT2D eigenvalue weighted by Gasteiger charge is 2.11. The number of aromatic nitrogens is 2. The van der Waals surface area contributed by atoms with Crippen molar-refractivity contribution >= 4 is 5.84 Å². The maximum absolute atomic E-state index is 4.14. The Morgan fingerprint density at radius 2 is 1.92 bits per heavy atom. The lowest BCUT2D eigenvalue weighted by atomic mass is 10.5. The number of rotatable bonds is 1. The fourth-order valence-corrected chi connectivity index (χ4v) is 0.902. The molecule has 12 heavy (non-hydrogen) atoms. The average molecular weight is 159 g/mol. The molecule has 1 aliphatic rings. The molecule has 0 spiro atoms. The maximum atomic E-state index is 4.14. The zero-order valence-corrected chi connectivity index (χ0v) is 6.60. The Bertz CT molecular complexity index is 339. The van der Waals surface area contributed by atoms with E-state index in [1.54, 1.807) is 24.7 Å². The molecule has 0 aliphatic carbocycles. The van der Waals surface area contributed by atoms with Crippen LogP contribution >= 0.6 is 0 Å². The minimum atomic E-state index is 0.575. The normalized spacial score (nSPS) is 15.1. The van der Waals surface area contributed by atoms with E-state index in [0.717, 1.165) is 5.70 Å². The van der Waals surface area contributed by atoms with Crippen LogP contribution in [0.1, 0.15) is 12.7 Å². The molecule has 1 aromatic rings. The Labute approximate surface area is 70.1 Å². The molecule has 0 bridgehead atoms. The largest absolute Gasteiger partial charge is 0.234 e. The first-order valence-electron chi connectivity index (χ1n) is 3.60. The summed E-state index contributed by atoms with van der Waals surface area (Å²) in [5, 5.41) is 4.14. The second-order valence-corrected chi connectivity index (χ2v) is 2.41. The molecule has 0 atom stereocenters. The van der Waals surface area contributed by atoms with Gasteiger partial charge in [-0.3, -0.25) is 0 Å². The topological polar surface area (TPSA) is 52.2 Å². The van der Waals surface area contributed by atoms with Crippen LogP contribution in [0.25, 0.3) is 0 Å². The number of aliphatic imine (C=N–C) groups is 1. The van der Waals surface area contributed by atoms with Crippen LogP contribution in [0.15, 0.2) is 35.3 Å². The third-order valence-electron chi connectivity index (χ3n) is 1.42. The molecule has 1 aromatic heterocycles. The van der Waals surface area contributed by atoms with Crippen molar-refractivity contribution in [1.29, 1.82) is 0 Å². The predicted molar refractivity (Wildman–Crippen MR) is 44.5 cm³/mol. The molecule has 4 heteroatoms. The molecule has 1 aliphatic heterocycles. The van der Waals surface area contributed by atoms with Gasteiger partial charge in [0.2, 0.25) is 0 Å². The van der Waals surface area contributed by atoms with Crippen molar-refractivity contribution in [3.8, 4) is 0 Å². The summed E-state index contributed by atoms with van der Waals surface area (Å²) in [6, 6.07) is 1.76. The van der Waals surface area contributed by atoms with Crippen LogP contribution in [-0.4, -0.2) is 15.8 Å². The number of nitrogens with zero attached hydrogens (tertiary/aromatic N) is 4. The summed E-state index contributed by atoms with van der Waals surface area (Å²) < 4.78 is 0. The zero-order valence-electron chi connectivity index (χ0n) is 6.60. The summed E-state index contributed by atoms with van der Waals surface area (Å²) >= 11 is 0. The first-order chi connectivity index (χ1) is 5.86. The van der Waals surface area contributed by atoms with Crippen molar-refractivity contribution in [2.45, 2.75) is 6.92 Å². The van der Waals surface area contributed by atoms with Gasteiger partial charge in [0.05, 0.1) is 11.9 Å². The highest BCUT2D eigenvalue weighted by Crippen LogP contribution is 2.03. The van der Waals surface area contributed by atoms with Gasteiger partial charge in [-0.25, -0.2) is 20.3 Å². The van der Waals surface area contributed by atoms with Crippen LogP contribution < -0.4 is 5.32 Å². The smallest absolute Gasteiger partial charge is 0.198 e. The Hall–Kier alpha value is -1.71. The zero-order chi connectivity index (χ0) is 8.39. The van der Waals surface area contributed by atoms with Crippen LogP contribution in [0.3, 0.4) is 0 Å². The third kappa shape index (κ3) is 1.18. The fraction of sp³-hybridized carbons (Fsp3) is 0.125. The molecule has 59 valence electrons. The van der Waals surface area contributed by atoms with Gasteiger partial charge in [-0.05, 0) is 13.0 Å². The summed E-state index contributed by atoms with van der Waals surface area (Å²) in [4.78, 5) is 12.1. The van der Waals surface area contributed by atoms with E-state index in [-0.39, 0.29) is 0 Å².